The minimum absolute atomic E-state index is 0.0907. The van der Waals surface area contributed by atoms with Gasteiger partial charge in [-0.25, -0.2) is 4.39 Å². The minimum Gasteiger partial charge on any atom is -0.508 e. The van der Waals surface area contributed by atoms with Gasteiger partial charge >= 0.3 is 0 Å². The van der Waals surface area contributed by atoms with E-state index in [0.717, 1.165) is 23.1 Å². The second-order valence-electron chi connectivity index (χ2n) is 6.76. The average molecular weight is 425 g/mol. The van der Waals surface area contributed by atoms with Crippen LogP contribution >= 0.6 is 11.3 Å². The number of hydrogen-bond donors (Lipinski definition) is 3. The normalized spacial score (nSPS) is 18.2. The van der Waals surface area contributed by atoms with Gasteiger partial charge in [-0.05, 0) is 47.8 Å². The van der Waals surface area contributed by atoms with E-state index in [2.05, 4.69) is 0 Å². The van der Waals surface area contributed by atoms with E-state index in [1.807, 2.05) is 11.4 Å². The number of carbonyl (C=O) groups is 2. The molecule has 152 valence electrons. The van der Waals surface area contributed by atoms with Crippen molar-refractivity contribution >= 4 is 28.8 Å². The standard InChI is InChI=1S/C22H16FNO5S/c23-13-5-3-12(4-6-13)20(27)18-19(16-8-7-14(25)10-17(16)26)24(22(29)21(18)28)11-15-2-1-9-30-15/h1-10,19,25-27H,11H2/b20-18+. The summed E-state index contributed by atoms with van der Waals surface area (Å²) >= 11 is 1.40. The number of rotatable bonds is 4. The average Bonchev–Trinajstić information content (AvgIpc) is 3.31. The number of hydrogen-bond acceptors (Lipinski definition) is 6. The molecule has 1 saturated heterocycles. The molecule has 1 unspecified atom stereocenters. The Bertz CT molecular complexity index is 1150. The van der Waals surface area contributed by atoms with E-state index in [9.17, 15) is 29.3 Å². The molecule has 8 heteroatoms. The summed E-state index contributed by atoms with van der Waals surface area (Å²) in [6.07, 6.45) is 0. The smallest absolute Gasteiger partial charge is 0.295 e. The van der Waals surface area contributed by atoms with E-state index in [1.54, 1.807) is 6.07 Å². The Morgan fingerprint density at radius 3 is 2.43 bits per heavy atom. The number of carbonyl (C=O) groups excluding carboxylic acids is 2. The largest absolute Gasteiger partial charge is 0.508 e. The first-order valence-corrected chi connectivity index (χ1v) is 9.83. The molecule has 1 atom stereocenters. The predicted octanol–water partition coefficient (Wildman–Crippen LogP) is 3.92. The number of benzene rings is 2. The SMILES string of the molecule is O=C1C(=O)N(Cc2cccs2)C(c2ccc(O)cc2O)/C1=C(\O)c1ccc(F)cc1. The molecule has 1 fully saturated rings. The number of likely N-dealkylation sites (tertiary alicyclic amines) is 1. The van der Waals surface area contributed by atoms with Crippen molar-refractivity contribution < 1.29 is 29.3 Å². The Hall–Kier alpha value is -3.65. The number of ketones is 1. The third-order valence-corrected chi connectivity index (χ3v) is 5.73. The molecule has 30 heavy (non-hydrogen) atoms. The van der Waals surface area contributed by atoms with E-state index in [4.69, 9.17) is 0 Å². The van der Waals surface area contributed by atoms with Crippen LogP contribution in [0.15, 0.2) is 65.6 Å². The number of phenols is 2. The van der Waals surface area contributed by atoms with Gasteiger partial charge in [0.05, 0.1) is 18.2 Å². The number of nitrogens with zero attached hydrogens (tertiary/aromatic N) is 1. The Balaban J connectivity index is 1.90. The predicted molar refractivity (Wildman–Crippen MR) is 108 cm³/mol. The third kappa shape index (κ3) is 3.42. The number of Topliss-reactive ketones (excluding diaryl/α,β-unsaturated/α-hetero) is 1. The quantitative estimate of drug-likeness (QED) is 0.334. The summed E-state index contributed by atoms with van der Waals surface area (Å²) < 4.78 is 13.3. The highest BCUT2D eigenvalue weighted by Gasteiger charge is 2.47. The topological polar surface area (TPSA) is 98.1 Å². The number of phenolic OH excluding ortho intramolecular Hbond substituents is 2. The van der Waals surface area contributed by atoms with Crippen molar-refractivity contribution in [3.63, 3.8) is 0 Å². The molecule has 3 N–H and O–H groups in total. The summed E-state index contributed by atoms with van der Waals surface area (Å²) in [5.74, 6) is -3.25. The van der Waals surface area contributed by atoms with Crippen molar-refractivity contribution in [3.05, 3.63) is 87.4 Å². The molecule has 1 aliphatic heterocycles. The van der Waals surface area contributed by atoms with Crippen LogP contribution in [-0.2, 0) is 16.1 Å². The van der Waals surface area contributed by atoms with Crippen molar-refractivity contribution in [3.8, 4) is 11.5 Å². The van der Waals surface area contributed by atoms with Crippen LogP contribution in [0.5, 0.6) is 11.5 Å². The fourth-order valence-corrected chi connectivity index (χ4v) is 4.17. The highest BCUT2D eigenvalue weighted by atomic mass is 32.1. The van der Waals surface area contributed by atoms with Gasteiger partial charge in [-0.3, -0.25) is 9.59 Å². The fraction of sp³-hybridized carbons (Fsp3) is 0.0909. The summed E-state index contributed by atoms with van der Waals surface area (Å²) in [7, 11) is 0. The minimum atomic E-state index is -1.09. The lowest BCUT2D eigenvalue weighted by molar-refractivity contribution is -0.140. The van der Waals surface area contributed by atoms with Crippen molar-refractivity contribution in [1.82, 2.24) is 4.90 Å². The molecule has 2 aromatic carbocycles. The molecule has 3 aromatic rings. The second-order valence-corrected chi connectivity index (χ2v) is 7.79. The van der Waals surface area contributed by atoms with Crippen molar-refractivity contribution in [2.45, 2.75) is 12.6 Å². The zero-order valence-corrected chi connectivity index (χ0v) is 16.3. The van der Waals surface area contributed by atoms with Crippen LogP contribution in [0.2, 0.25) is 0 Å². The Morgan fingerprint density at radius 2 is 1.80 bits per heavy atom. The monoisotopic (exact) mass is 425 g/mol. The Labute approximate surface area is 174 Å². The molecular formula is C22H16FNO5S. The van der Waals surface area contributed by atoms with Crippen molar-refractivity contribution in [2.24, 2.45) is 0 Å². The first-order chi connectivity index (χ1) is 14.4. The van der Waals surface area contributed by atoms with E-state index in [0.29, 0.717) is 0 Å². The van der Waals surface area contributed by atoms with Crippen LogP contribution in [0.1, 0.15) is 22.0 Å². The van der Waals surface area contributed by atoms with Crippen molar-refractivity contribution in [1.29, 1.82) is 0 Å². The fourth-order valence-electron chi connectivity index (χ4n) is 3.46. The van der Waals surface area contributed by atoms with Gasteiger partial charge in [0.2, 0.25) is 0 Å². The second kappa shape index (κ2) is 7.64. The van der Waals surface area contributed by atoms with Gasteiger partial charge in [-0.1, -0.05) is 6.07 Å². The molecular weight excluding hydrogens is 409 g/mol. The first-order valence-electron chi connectivity index (χ1n) is 8.95. The molecule has 0 spiro atoms. The van der Waals surface area contributed by atoms with Gasteiger partial charge in [-0.15, -0.1) is 11.3 Å². The molecule has 1 aromatic heterocycles. The molecule has 4 rings (SSSR count). The maximum atomic E-state index is 13.3. The van der Waals surface area contributed by atoms with Gasteiger partial charge in [0.1, 0.15) is 23.1 Å². The summed E-state index contributed by atoms with van der Waals surface area (Å²) in [6, 6.07) is 11.2. The lowest BCUT2D eigenvalue weighted by Crippen LogP contribution is -2.28. The lowest BCUT2D eigenvalue weighted by atomic mass is 9.94. The van der Waals surface area contributed by atoms with Gasteiger partial charge in [0.15, 0.2) is 0 Å². The van der Waals surface area contributed by atoms with Crippen LogP contribution in [-0.4, -0.2) is 31.9 Å². The molecule has 1 aliphatic rings. The molecule has 0 radical (unpaired) electrons. The number of halogens is 1. The summed E-state index contributed by atoms with van der Waals surface area (Å²) in [6.45, 7) is 0.0907. The van der Waals surface area contributed by atoms with Gasteiger partial charge in [-0.2, -0.15) is 0 Å². The summed E-state index contributed by atoms with van der Waals surface area (Å²) in [5, 5.41) is 32.7. The number of thiophene rings is 1. The van der Waals surface area contributed by atoms with E-state index >= 15 is 0 Å². The zero-order chi connectivity index (χ0) is 21.4. The van der Waals surface area contributed by atoms with E-state index in [1.165, 1.54) is 40.5 Å². The number of aromatic hydroxyl groups is 2. The number of amides is 1. The Morgan fingerprint density at radius 1 is 1.07 bits per heavy atom. The highest BCUT2D eigenvalue weighted by molar-refractivity contribution is 7.09. The van der Waals surface area contributed by atoms with E-state index < -0.39 is 29.3 Å². The van der Waals surface area contributed by atoms with Crippen LogP contribution in [0.4, 0.5) is 4.39 Å². The van der Waals surface area contributed by atoms with Gasteiger partial charge < -0.3 is 20.2 Å². The number of aliphatic hydroxyl groups excluding tert-OH is 1. The molecule has 6 nitrogen and oxygen atoms in total. The maximum absolute atomic E-state index is 13.3. The van der Waals surface area contributed by atoms with Crippen LogP contribution in [0, 0.1) is 5.82 Å². The third-order valence-electron chi connectivity index (χ3n) is 4.87. The van der Waals surface area contributed by atoms with Crippen LogP contribution in [0.3, 0.4) is 0 Å². The maximum Gasteiger partial charge on any atom is 0.295 e. The van der Waals surface area contributed by atoms with Crippen molar-refractivity contribution in [2.75, 3.05) is 0 Å². The lowest BCUT2D eigenvalue weighted by Gasteiger charge is -2.25. The van der Waals surface area contributed by atoms with Crippen LogP contribution in [0.25, 0.3) is 5.76 Å². The molecule has 0 aliphatic carbocycles. The zero-order valence-electron chi connectivity index (χ0n) is 15.4. The first kappa shape index (κ1) is 19.7. The molecule has 0 bridgehead atoms. The molecule has 1 amide bonds. The summed E-state index contributed by atoms with van der Waals surface area (Å²) in [4.78, 5) is 27.8. The van der Waals surface area contributed by atoms with Gasteiger partial charge in [0.25, 0.3) is 11.7 Å². The summed E-state index contributed by atoms with van der Waals surface area (Å²) in [5.41, 5.74) is 0.116. The Kier molecular flexibility index (Phi) is 5.01. The highest BCUT2D eigenvalue weighted by Crippen LogP contribution is 2.44. The molecule has 0 saturated carbocycles. The van der Waals surface area contributed by atoms with E-state index in [-0.39, 0.29) is 34.7 Å². The number of aliphatic hydroxyl groups is 1. The van der Waals surface area contributed by atoms with Gasteiger partial charge in [0, 0.05) is 22.1 Å². The molecule has 2 heterocycles. The van der Waals surface area contributed by atoms with Crippen LogP contribution < -0.4 is 0 Å².